The lowest BCUT2D eigenvalue weighted by Gasteiger charge is -2.03. The normalized spacial score (nSPS) is 13.8. The van der Waals surface area contributed by atoms with Gasteiger partial charge in [-0.3, -0.25) is 0 Å². The Morgan fingerprint density at radius 3 is 2.50 bits per heavy atom. The molecule has 0 saturated heterocycles. The van der Waals surface area contributed by atoms with E-state index in [1.807, 2.05) is 10.9 Å². The van der Waals surface area contributed by atoms with Gasteiger partial charge in [0.2, 0.25) is 0 Å². The van der Waals surface area contributed by atoms with Crippen LogP contribution in [0.2, 0.25) is 0 Å². The number of hydrogen-bond donors (Lipinski definition) is 0. The van der Waals surface area contributed by atoms with Gasteiger partial charge in [-0.1, -0.05) is 19.1 Å². The van der Waals surface area contributed by atoms with Gasteiger partial charge in [0.1, 0.15) is 0 Å². The zero-order chi connectivity index (χ0) is 9.14. The smallest absolute Gasteiger partial charge is 0.0855 e. The minimum atomic E-state index is 0.412. The van der Waals surface area contributed by atoms with Gasteiger partial charge in [0.15, 0.2) is 0 Å². The fourth-order valence-electron chi connectivity index (χ4n) is 0.978. The van der Waals surface area contributed by atoms with Crippen LogP contribution in [0.4, 0.5) is 0 Å². The van der Waals surface area contributed by atoms with Crippen LogP contribution in [0, 0.1) is 0 Å². The summed E-state index contributed by atoms with van der Waals surface area (Å²) in [6.07, 6.45) is 3.16. The maximum absolute atomic E-state index is 4.12. The maximum atomic E-state index is 4.12. The van der Waals surface area contributed by atoms with Gasteiger partial charge in [-0.2, -0.15) is 0 Å². The second kappa shape index (κ2) is 3.70. The monoisotopic (exact) mass is 167 g/mol. The summed E-state index contributed by atoms with van der Waals surface area (Å²) in [5.41, 5.74) is 1.10. The molecule has 0 aliphatic carbocycles. The Balaban J connectivity index is 2.77. The lowest BCUT2D eigenvalue weighted by molar-refractivity contribution is 0.514. The molecule has 0 fully saturated rings. The molecule has 3 heteroatoms. The van der Waals surface area contributed by atoms with Crippen molar-refractivity contribution < 1.29 is 0 Å². The van der Waals surface area contributed by atoms with Gasteiger partial charge in [0.05, 0.1) is 5.69 Å². The van der Waals surface area contributed by atoms with Crippen molar-refractivity contribution in [2.45, 2.75) is 46.1 Å². The van der Waals surface area contributed by atoms with Crippen LogP contribution in [0.1, 0.15) is 51.8 Å². The van der Waals surface area contributed by atoms with Crippen LogP contribution < -0.4 is 0 Å². The zero-order valence-corrected chi connectivity index (χ0v) is 8.28. The Morgan fingerprint density at radius 2 is 2.08 bits per heavy atom. The zero-order valence-electron chi connectivity index (χ0n) is 8.28. The summed E-state index contributed by atoms with van der Waals surface area (Å²) in [6.45, 7) is 8.55. The lowest BCUT2D eigenvalue weighted by Crippen LogP contribution is -2.00. The largest absolute Gasteiger partial charge is 0.250 e. The SMILES string of the molecule is CCC(C)c1cn(C(C)C)nn1. The second-order valence-electron chi connectivity index (χ2n) is 3.53. The first kappa shape index (κ1) is 9.23. The molecule has 1 aromatic heterocycles. The first-order chi connectivity index (χ1) is 5.65. The minimum Gasteiger partial charge on any atom is -0.250 e. The molecule has 1 heterocycles. The van der Waals surface area contributed by atoms with Crippen LogP contribution in [0.3, 0.4) is 0 Å². The quantitative estimate of drug-likeness (QED) is 0.692. The fraction of sp³-hybridized carbons (Fsp3) is 0.778. The molecule has 0 amide bonds. The van der Waals surface area contributed by atoms with Crippen LogP contribution in [-0.2, 0) is 0 Å². The molecule has 0 aliphatic rings. The number of rotatable bonds is 3. The molecule has 0 aromatic carbocycles. The summed E-state index contributed by atoms with van der Waals surface area (Å²) in [6, 6.07) is 0.412. The van der Waals surface area contributed by atoms with Crippen molar-refractivity contribution in [3.05, 3.63) is 11.9 Å². The lowest BCUT2D eigenvalue weighted by atomic mass is 10.1. The van der Waals surface area contributed by atoms with E-state index in [0.29, 0.717) is 12.0 Å². The molecule has 1 aromatic rings. The van der Waals surface area contributed by atoms with E-state index in [4.69, 9.17) is 0 Å². The molecule has 68 valence electrons. The Morgan fingerprint density at radius 1 is 1.42 bits per heavy atom. The van der Waals surface area contributed by atoms with E-state index >= 15 is 0 Å². The molecule has 3 nitrogen and oxygen atoms in total. The average Bonchev–Trinajstić information content (AvgIpc) is 2.51. The van der Waals surface area contributed by atoms with E-state index < -0.39 is 0 Å². The number of hydrogen-bond acceptors (Lipinski definition) is 2. The Kier molecular flexibility index (Phi) is 2.84. The third-order valence-electron chi connectivity index (χ3n) is 2.17. The van der Waals surface area contributed by atoms with Crippen molar-refractivity contribution in [3.8, 4) is 0 Å². The van der Waals surface area contributed by atoms with Crippen molar-refractivity contribution in [3.63, 3.8) is 0 Å². The molecule has 1 rings (SSSR count). The van der Waals surface area contributed by atoms with Crippen LogP contribution >= 0.6 is 0 Å². The maximum Gasteiger partial charge on any atom is 0.0855 e. The van der Waals surface area contributed by atoms with Crippen LogP contribution in [0.25, 0.3) is 0 Å². The molecule has 0 spiro atoms. The molecular weight excluding hydrogens is 150 g/mol. The van der Waals surface area contributed by atoms with E-state index in [1.165, 1.54) is 0 Å². The fourth-order valence-corrected chi connectivity index (χ4v) is 0.978. The van der Waals surface area contributed by atoms with Gasteiger partial charge in [0.25, 0.3) is 0 Å². The van der Waals surface area contributed by atoms with Crippen molar-refractivity contribution in [1.29, 1.82) is 0 Å². The highest BCUT2D eigenvalue weighted by molar-refractivity contribution is 4.99. The van der Waals surface area contributed by atoms with Gasteiger partial charge in [-0.15, -0.1) is 5.10 Å². The molecule has 0 bridgehead atoms. The second-order valence-corrected chi connectivity index (χ2v) is 3.53. The van der Waals surface area contributed by atoms with Crippen molar-refractivity contribution in [2.75, 3.05) is 0 Å². The summed E-state index contributed by atoms with van der Waals surface area (Å²) in [5.74, 6) is 0.525. The standard InChI is InChI=1S/C9H17N3/c1-5-8(4)9-6-12(7(2)3)11-10-9/h6-8H,5H2,1-4H3. The average molecular weight is 167 g/mol. The summed E-state index contributed by atoms with van der Waals surface area (Å²) >= 11 is 0. The number of nitrogens with zero attached hydrogens (tertiary/aromatic N) is 3. The van der Waals surface area contributed by atoms with Crippen LogP contribution in [0.5, 0.6) is 0 Å². The highest BCUT2D eigenvalue weighted by atomic mass is 15.4. The Hall–Kier alpha value is -0.860. The molecule has 1 atom stereocenters. The molecule has 0 saturated carbocycles. The molecule has 1 unspecified atom stereocenters. The minimum absolute atomic E-state index is 0.412. The van der Waals surface area contributed by atoms with Gasteiger partial charge < -0.3 is 0 Å². The van der Waals surface area contributed by atoms with Gasteiger partial charge in [-0.05, 0) is 20.3 Å². The van der Waals surface area contributed by atoms with Crippen molar-refractivity contribution in [1.82, 2.24) is 15.0 Å². The third kappa shape index (κ3) is 1.84. The molecule has 0 radical (unpaired) electrons. The number of aromatic nitrogens is 3. The summed E-state index contributed by atoms with van der Waals surface area (Å²) in [7, 11) is 0. The van der Waals surface area contributed by atoms with E-state index in [-0.39, 0.29) is 0 Å². The first-order valence-electron chi connectivity index (χ1n) is 4.56. The van der Waals surface area contributed by atoms with E-state index in [0.717, 1.165) is 12.1 Å². The van der Waals surface area contributed by atoms with Gasteiger partial charge in [-0.25, -0.2) is 4.68 Å². The summed E-state index contributed by atoms with van der Waals surface area (Å²) in [4.78, 5) is 0. The molecular formula is C9H17N3. The highest BCUT2D eigenvalue weighted by Gasteiger charge is 2.08. The topological polar surface area (TPSA) is 30.7 Å². The van der Waals surface area contributed by atoms with E-state index in [1.54, 1.807) is 0 Å². The van der Waals surface area contributed by atoms with Gasteiger partial charge >= 0.3 is 0 Å². The highest BCUT2D eigenvalue weighted by Crippen LogP contribution is 2.15. The Bertz CT molecular complexity index is 240. The molecule has 0 aliphatic heterocycles. The predicted molar refractivity (Wildman–Crippen MR) is 49.1 cm³/mol. The van der Waals surface area contributed by atoms with Gasteiger partial charge in [0, 0.05) is 18.2 Å². The predicted octanol–water partition coefficient (Wildman–Crippen LogP) is 2.37. The third-order valence-corrected chi connectivity index (χ3v) is 2.17. The Labute approximate surface area is 73.8 Å². The van der Waals surface area contributed by atoms with Crippen molar-refractivity contribution >= 4 is 0 Å². The summed E-state index contributed by atoms with van der Waals surface area (Å²) in [5, 5.41) is 8.17. The van der Waals surface area contributed by atoms with Crippen molar-refractivity contribution in [2.24, 2.45) is 0 Å². The molecule has 0 N–H and O–H groups in total. The molecule has 12 heavy (non-hydrogen) atoms. The van der Waals surface area contributed by atoms with Crippen LogP contribution in [-0.4, -0.2) is 15.0 Å². The summed E-state index contributed by atoms with van der Waals surface area (Å²) < 4.78 is 1.90. The van der Waals surface area contributed by atoms with E-state index in [9.17, 15) is 0 Å². The van der Waals surface area contributed by atoms with E-state index in [2.05, 4.69) is 38.0 Å². The first-order valence-corrected chi connectivity index (χ1v) is 4.56. The van der Waals surface area contributed by atoms with Crippen LogP contribution in [0.15, 0.2) is 6.20 Å².